The quantitative estimate of drug-likeness (QED) is 0.724. The second-order valence-corrected chi connectivity index (χ2v) is 5.21. The van der Waals surface area contributed by atoms with Gasteiger partial charge in [-0.3, -0.25) is 4.79 Å². The molecule has 1 unspecified atom stereocenters. The lowest BCUT2D eigenvalue weighted by Gasteiger charge is -2.16. The van der Waals surface area contributed by atoms with Crippen LogP contribution in [0.1, 0.15) is 30.1 Å². The molecule has 0 heterocycles. The van der Waals surface area contributed by atoms with Crippen molar-refractivity contribution < 1.29 is 9.90 Å². The van der Waals surface area contributed by atoms with Crippen LogP contribution in [0.3, 0.4) is 0 Å². The molecule has 0 aliphatic rings. The minimum Gasteiger partial charge on any atom is -0.507 e. The molecule has 1 rings (SSSR count). The summed E-state index contributed by atoms with van der Waals surface area (Å²) in [6.45, 7) is 1.99. The minimum absolute atomic E-state index is 0.0185. The predicted octanol–water partition coefficient (Wildman–Crippen LogP) is 2.34. The van der Waals surface area contributed by atoms with Crippen LogP contribution in [0.15, 0.2) is 22.7 Å². The number of phenols is 1. The Balaban J connectivity index is 2.80. The van der Waals surface area contributed by atoms with Crippen molar-refractivity contribution in [1.29, 1.82) is 0 Å². The second-order valence-electron chi connectivity index (χ2n) is 3.88. The molecule has 1 atom stereocenters. The van der Waals surface area contributed by atoms with Crippen LogP contribution in [0.25, 0.3) is 0 Å². The highest BCUT2D eigenvalue weighted by Gasteiger charge is 2.16. The molecule has 0 fully saturated rings. The summed E-state index contributed by atoms with van der Waals surface area (Å²) >= 11 is 8.06. The van der Waals surface area contributed by atoms with Crippen molar-refractivity contribution >= 4 is 39.0 Å². The van der Waals surface area contributed by atoms with Gasteiger partial charge in [0.15, 0.2) is 0 Å². The SMILES string of the molecule is CCCC(NC(=O)c1ccc(Br)c(O)c1)C(N)=S. The van der Waals surface area contributed by atoms with E-state index in [-0.39, 0.29) is 22.7 Å². The summed E-state index contributed by atoms with van der Waals surface area (Å²) in [7, 11) is 0. The van der Waals surface area contributed by atoms with Crippen molar-refractivity contribution in [3.05, 3.63) is 28.2 Å². The molecule has 1 aromatic carbocycles. The van der Waals surface area contributed by atoms with Gasteiger partial charge >= 0.3 is 0 Å². The number of benzene rings is 1. The fraction of sp³-hybridized carbons (Fsp3) is 0.333. The van der Waals surface area contributed by atoms with Gasteiger partial charge in [-0.15, -0.1) is 0 Å². The average Bonchev–Trinajstić information content (AvgIpc) is 2.31. The van der Waals surface area contributed by atoms with E-state index < -0.39 is 0 Å². The van der Waals surface area contributed by atoms with Gasteiger partial charge in [-0.1, -0.05) is 25.6 Å². The van der Waals surface area contributed by atoms with Crippen LogP contribution in [-0.4, -0.2) is 22.0 Å². The summed E-state index contributed by atoms with van der Waals surface area (Å²) in [5.74, 6) is -0.283. The molecular formula is C12H15BrN2O2S. The molecule has 1 amide bonds. The highest BCUT2D eigenvalue weighted by Crippen LogP contribution is 2.24. The number of halogens is 1. The summed E-state index contributed by atoms with van der Waals surface area (Å²) in [5, 5.41) is 12.3. The summed E-state index contributed by atoms with van der Waals surface area (Å²) in [5.41, 5.74) is 5.93. The standard InChI is InChI=1S/C12H15BrN2O2S/c1-2-3-9(11(14)18)15-12(17)7-4-5-8(13)10(16)6-7/h4-6,9,16H,2-3H2,1H3,(H2,14,18)(H,15,17). The van der Waals surface area contributed by atoms with Crippen LogP contribution in [-0.2, 0) is 0 Å². The van der Waals surface area contributed by atoms with Crippen molar-refractivity contribution in [3.63, 3.8) is 0 Å². The first-order valence-electron chi connectivity index (χ1n) is 5.54. The van der Waals surface area contributed by atoms with Gasteiger partial charge < -0.3 is 16.2 Å². The Kier molecular flexibility index (Phi) is 5.55. The Morgan fingerprint density at radius 2 is 2.28 bits per heavy atom. The van der Waals surface area contributed by atoms with E-state index in [1.54, 1.807) is 12.1 Å². The largest absolute Gasteiger partial charge is 0.507 e. The predicted molar refractivity (Wildman–Crippen MR) is 78.8 cm³/mol. The van der Waals surface area contributed by atoms with Gasteiger partial charge in [0.25, 0.3) is 5.91 Å². The average molecular weight is 331 g/mol. The van der Waals surface area contributed by atoms with Crippen LogP contribution < -0.4 is 11.1 Å². The molecule has 1 aromatic rings. The highest BCUT2D eigenvalue weighted by molar-refractivity contribution is 9.10. The van der Waals surface area contributed by atoms with Crippen LogP contribution >= 0.6 is 28.1 Å². The zero-order valence-electron chi connectivity index (χ0n) is 9.94. The lowest BCUT2D eigenvalue weighted by molar-refractivity contribution is 0.0945. The number of carbonyl (C=O) groups is 1. The highest BCUT2D eigenvalue weighted by atomic mass is 79.9. The second kappa shape index (κ2) is 6.70. The topological polar surface area (TPSA) is 75.3 Å². The van der Waals surface area contributed by atoms with E-state index in [2.05, 4.69) is 21.2 Å². The molecule has 0 aliphatic carbocycles. The number of nitrogens with two attached hydrogens (primary N) is 1. The number of thiocarbonyl (C=S) groups is 1. The number of carbonyl (C=O) groups excluding carboxylic acids is 1. The van der Waals surface area contributed by atoms with E-state index in [1.165, 1.54) is 6.07 Å². The Morgan fingerprint density at radius 3 is 2.78 bits per heavy atom. The molecule has 98 valence electrons. The van der Waals surface area contributed by atoms with Gasteiger partial charge in [0, 0.05) is 5.56 Å². The third-order valence-corrected chi connectivity index (χ3v) is 3.39. The number of hydrogen-bond acceptors (Lipinski definition) is 3. The van der Waals surface area contributed by atoms with E-state index in [0.717, 1.165) is 6.42 Å². The fourth-order valence-electron chi connectivity index (χ4n) is 1.47. The monoisotopic (exact) mass is 330 g/mol. The Labute approximate surface area is 120 Å². The molecule has 4 nitrogen and oxygen atoms in total. The van der Waals surface area contributed by atoms with Crippen LogP contribution in [0.5, 0.6) is 5.75 Å². The van der Waals surface area contributed by atoms with Gasteiger partial charge in [-0.2, -0.15) is 0 Å². The molecule has 4 N–H and O–H groups in total. The van der Waals surface area contributed by atoms with Crippen molar-refractivity contribution in [2.45, 2.75) is 25.8 Å². The smallest absolute Gasteiger partial charge is 0.251 e. The molecule has 0 bridgehead atoms. The van der Waals surface area contributed by atoms with Crippen molar-refractivity contribution in [2.24, 2.45) is 5.73 Å². The van der Waals surface area contributed by atoms with Gasteiger partial charge in [-0.05, 0) is 40.5 Å². The lowest BCUT2D eigenvalue weighted by Crippen LogP contribution is -2.43. The first kappa shape index (κ1) is 14.9. The van der Waals surface area contributed by atoms with E-state index in [9.17, 15) is 9.90 Å². The van der Waals surface area contributed by atoms with E-state index in [0.29, 0.717) is 16.5 Å². The maximum atomic E-state index is 11.9. The van der Waals surface area contributed by atoms with Crippen LogP contribution in [0.2, 0.25) is 0 Å². The van der Waals surface area contributed by atoms with Crippen LogP contribution in [0.4, 0.5) is 0 Å². The Bertz CT molecular complexity index is 465. The Morgan fingerprint density at radius 1 is 1.61 bits per heavy atom. The van der Waals surface area contributed by atoms with Crippen LogP contribution in [0, 0.1) is 0 Å². The van der Waals surface area contributed by atoms with Gasteiger partial charge in [0.1, 0.15) is 5.75 Å². The third-order valence-electron chi connectivity index (χ3n) is 2.43. The Hall–Kier alpha value is -1.14. The zero-order valence-corrected chi connectivity index (χ0v) is 12.3. The summed E-state index contributed by atoms with van der Waals surface area (Å²) in [4.78, 5) is 12.2. The third kappa shape index (κ3) is 3.96. The zero-order chi connectivity index (χ0) is 13.7. The minimum atomic E-state index is -0.316. The summed E-state index contributed by atoms with van der Waals surface area (Å²) in [6.07, 6.45) is 1.57. The number of rotatable bonds is 5. The molecule has 0 spiro atoms. The first-order valence-corrected chi connectivity index (χ1v) is 6.74. The summed E-state index contributed by atoms with van der Waals surface area (Å²) in [6, 6.07) is 4.30. The molecular weight excluding hydrogens is 316 g/mol. The number of phenolic OH excluding ortho intramolecular Hbond substituents is 1. The van der Waals surface area contributed by atoms with E-state index in [1.807, 2.05) is 6.92 Å². The molecule has 0 saturated carbocycles. The number of nitrogens with one attached hydrogen (secondary N) is 1. The van der Waals surface area contributed by atoms with Crippen molar-refractivity contribution in [2.75, 3.05) is 0 Å². The number of aromatic hydroxyl groups is 1. The molecule has 0 aromatic heterocycles. The fourth-order valence-corrected chi connectivity index (χ4v) is 1.89. The molecule has 18 heavy (non-hydrogen) atoms. The molecule has 0 aliphatic heterocycles. The normalized spacial score (nSPS) is 11.9. The molecule has 0 saturated heterocycles. The van der Waals surface area contributed by atoms with Gasteiger partial charge in [0.05, 0.1) is 15.5 Å². The van der Waals surface area contributed by atoms with Crippen molar-refractivity contribution in [1.82, 2.24) is 5.32 Å². The lowest BCUT2D eigenvalue weighted by atomic mass is 10.1. The first-order chi connectivity index (χ1) is 8.45. The van der Waals surface area contributed by atoms with E-state index >= 15 is 0 Å². The maximum absolute atomic E-state index is 11.9. The number of hydrogen-bond donors (Lipinski definition) is 3. The summed E-state index contributed by atoms with van der Waals surface area (Å²) < 4.78 is 0.540. The molecule has 6 heteroatoms. The van der Waals surface area contributed by atoms with Gasteiger partial charge in [-0.25, -0.2) is 0 Å². The van der Waals surface area contributed by atoms with E-state index in [4.69, 9.17) is 18.0 Å². The number of amides is 1. The maximum Gasteiger partial charge on any atom is 0.251 e. The van der Waals surface area contributed by atoms with Crippen molar-refractivity contribution in [3.8, 4) is 5.75 Å². The van der Waals surface area contributed by atoms with Gasteiger partial charge in [0.2, 0.25) is 0 Å². The molecule has 0 radical (unpaired) electrons.